The summed E-state index contributed by atoms with van der Waals surface area (Å²) in [4.78, 5) is 0. The van der Waals surface area contributed by atoms with Gasteiger partial charge in [0.2, 0.25) is 0 Å². The van der Waals surface area contributed by atoms with Crippen LogP contribution in [0.25, 0.3) is 38.6 Å². The molecule has 0 saturated carbocycles. The van der Waals surface area contributed by atoms with E-state index in [2.05, 4.69) is 0 Å². The van der Waals surface area contributed by atoms with Gasteiger partial charge >= 0.3 is 0 Å². The molecule has 5 rings (SSSR count). The zero-order valence-electron chi connectivity index (χ0n) is 21.8. The Labute approximate surface area is 261 Å². The first-order chi connectivity index (χ1) is 19.1. The largest absolute Gasteiger partial charge is 0.311 e. The van der Waals surface area contributed by atoms with Gasteiger partial charge in [-0.05, 0) is 21.9 Å². The van der Waals surface area contributed by atoms with Crippen molar-refractivity contribution in [3.05, 3.63) is 6.07 Å². The first-order valence-electron chi connectivity index (χ1n) is 11.9. The average Bonchev–Trinajstić information content (AvgIpc) is 3.30. The highest BCUT2D eigenvalue weighted by molar-refractivity contribution is 6.72. The molecule has 0 amide bonds. The second-order valence-electron chi connectivity index (χ2n) is 9.72. The van der Waals surface area contributed by atoms with Crippen molar-refractivity contribution in [1.29, 1.82) is 0 Å². The predicted octanol–water partition coefficient (Wildman–Crippen LogP) is -12.8. The van der Waals surface area contributed by atoms with Crippen LogP contribution < -0.4 is 87.4 Å². The summed E-state index contributed by atoms with van der Waals surface area (Å²) in [5.41, 5.74) is 0.976. The van der Waals surface area contributed by atoms with Crippen molar-refractivity contribution >= 4 is 235 Å². The van der Waals surface area contributed by atoms with Gasteiger partial charge in [-0.1, -0.05) is 44.3 Å². The first kappa shape index (κ1) is 30.2. The van der Waals surface area contributed by atoms with Gasteiger partial charge in [-0.25, -0.2) is 0 Å². The van der Waals surface area contributed by atoms with E-state index < -0.39 is 0 Å². The van der Waals surface area contributed by atoms with Gasteiger partial charge in [0.1, 0.15) is 126 Å². The number of nitrogens with zero attached hydrogens (tertiary/aromatic N) is 1. The normalized spacial score (nSPS) is 11.5. The first-order valence-corrected chi connectivity index (χ1v) is 11.9. The molecule has 0 atom stereocenters. The lowest BCUT2D eigenvalue weighted by molar-refractivity contribution is 1.21. The molecule has 0 bridgehead atoms. The topological polar surface area (TPSA) is 4.93 Å². The molecule has 0 unspecified atom stereocenters. The Morgan fingerprint density at radius 3 is 1.17 bits per heavy atom. The minimum absolute atomic E-state index is 0.00228. The molecule has 17 heteroatoms. The summed E-state index contributed by atoms with van der Waals surface area (Å²) in [6.45, 7) is 0. The molecule has 41 heavy (non-hydrogen) atoms. The number of aromatic nitrogens is 1. The highest BCUT2D eigenvalue weighted by atomic mass is 15.0. The Morgan fingerprint density at radius 2 is 0.707 bits per heavy atom. The molecule has 0 aliphatic rings. The Balaban J connectivity index is 2.22. The van der Waals surface area contributed by atoms with E-state index in [9.17, 15) is 0 Å². The maximum Gasteiger partial charge on any atom is 0.115 e. The molecule has 0 N–H and O–H groups in total. The lowest BCUT2D eigenvalue weighted by Crippen LogP contribution is -2.52. The van der Waals surface area contributed by atoms with Crippen molar-refractivity contribution in [2.75, 3.05) is 0 Å². The monoisotopic (exact) mass is 479 g/mol. The van der Waals surface area contributed by atoms with Crippen molar-refractivity contribution < 1.29 is 0 Å². The Hall–Kier alpha value is -2.28. The quantitative estimate of drug-likeness (QED) is 0.223. The fraction of sp³-hybridized carbons (Fsp3) is 0. The lowest BCUT2D eigenvalue weighted by Gasteiger charge is -2.28. The molecule has 1 heterocycles. The van der Waals surface area contributed by atoms with E-state index in [0.717, 1.165) is 0 Å². The van der Waals surface area contributed by atoms with Gasteiger partial charge in [-0.3, -0.25) is 0 Å². The van der Waals surface area contributed by atoms with E-state index in [1.54, 1.807) is 0 Å². The van der Waals surface area contributed by atoms with Gasteiger partial charge < -0.3 is 4.57 Å². The Bertz CT molecular complexity index is 1930. The van der Waals surface area contributed by atoms with Crippen LogP contribution in [0.4, 0.5) is 0 Å². The van der Waals surface area contributed by atoms with Gasteiger partial charge in [0.25, 0.3) is 0 Å². The van der Waals surface area contributed by atoms with Crippen molar-refractivity contribution in [2.45, 2.75) is 0 Å². The van der Waals surface area contributed by atoms with E-state index >= 15 is 0 Å². The number of hydrogen-bond donors (Lipinski definition) is 0. The maximum absolute atomic E-state index is 6.67. The third-order valence-electron chi connectivity index (χ3n) is 7.57. The van der Waals surface area contributed by atoms with E-state index in [0.29, 0.717) is 0 Å². The van der Waals surface area contributed by atoms with Gasteiger partial charge in [0.05, 0.1) is 0 Å². The van der Waals surface area contributed by atoms with Crippen molar-refractivity contribution in [2.24, 2.45) is 0 Å². The molecule has 1 nitrogen and oxygen atoms in total. The molecule has 0 aliphatic carbocycles. The molecule has 0 aliphatic heterocycles. The van der Waals surface area contributed by atoms with Gasteiger partial charge in [0.15, 0.2) is 0 Å². The highest BCUT2D eigenvalue weighted by Crippen LogP contribution is 2.30. The minimum atomic E-state index is -0.0591. The van der Waals surface area contributed by atoms with Crippen LogP contribution in [0.5, 0.6) is 0 Å². The van der Waals surface area contributed by atoms with E-state index in [4.69, 9.17) is 126 Å². The van der Waals surface area contributed by atoms with Gasteiger partial charge in [0, 0.05) is 16.7 Å². The molecule has 32 radical (unpaired) electrons. The highest BCUT2D eigenvalue weighted by Gasteiger charge is 2.27. The molecule has 1 aromatic heterocycles. The van der Waals surface area contributed by atoms with Gasteiger partial charge in [-0.15, -0.1) is 49.2 Å². The molecule has 0 fully saturated rings. The van der Waals surface area contributed by atoms with E-state index in [-0.39, 0.29) is 126 Å². The zero-order chi connectivity index (χ0) is 30.6. The summed E-state index contributed by atoms with van der Waals surface area (Å²) in [6, 6.07) is 1.47. The fourth-order valence-corrected chi connectivity index (χ4v) is 5.22. The summed E-state index contributed by atoms with van der Waals surface area (Å²) >= 11 is 0. The Kier molecular flexibility index (Phi) is 7.49. The average molecular weight is 476 g/mol. The molecular weight excluding hydrogens is 475 g/mol. The van der Waals surface area contributed by atoms with E-state index in [1.807, 2.05) is 0 Å². The molecule has 0 saturated heterocycles. The van der Waals surface area contributed by atoms with E-state index in [1.165, 1.54) is 10.6 Å². The second kappa shape index (κ2) is 10.2. The molecule has 150 valence electrons. The fourth-order valence-electron chi connectivity index (χ4n) is 5.22. The third kappa shape index (κ3) is 4.00. The van der Waals surface area contributed by atoms with Crippen LogP contribution in [-0.4, -0.2) is 130 Å². The smallest absolute Gasteiger partial charge is 0.115 e. The number of rotatable bonds is 2. The standard InChI is InChI=1S/C24HB16N/c25-3-1-2(7(26)12(31)8(3)27)4-9(28)13(32)16(35)19(38)22(4)41-23-5(10(29)14(33)17(36)20(23)39)6-11(30)15(34)18(37)21(40)24(6)41/h1H. The summed E-state index contributed by atoms with van der Waals surface area (Å²) in [5.74, 6) is 0. The summed E-state index contributed by atoms with van der Waals surface area (Å²) < 4.78 is 1.51. The summed E-state index contributed by atoms with van der Waals surface area (Å²) in [6.07, 6.45) is 0. The maximum atomic E-state index is 6.67. The Morgan fingerprint density at radius 1 is 0.341 bits per heavy atom. The van der Waals surface area contributed by atoms with Crippen LogP contribution in [-0.2, 0) is 0 Å². The molecular formula is C24HB16N. The van der Waals surface area contributed by atoms with Crippen molar-refractivity contribution in [3.63, 3.8) is 0 Å². The number of hydrogen-bond acceptors (Lipinski definition) is 0. The van der Waals surface area contributed by atoms with Crippen molar-refractivity contribution in [3.8, 4) is 16.8 Å². The number of benzene rings is 4. The minimum Gasteiger partial charge on any atom is -0.311 e. The van der Waals surface area contributed by atoms with Crippen LogP contribution in [0.1, 0.15) is 0 Å². The lowest BCUT2D eigenvalue weighted by atomic mass is 9.60. The van der Waals surface area contributed by atoms with Crippen LogP contribution >= 0.6 is 0 Å². The van der Waals surface area contributed by atoms with Crippen LogP contribution in [0, 0.1) is 0 Å². The zero-order valence-corrected chi connectivity index (χ0v) is 21.8. The third-order valence-corrected chi connectivity index (χ3v) is 7.57. The van der Waals surface area contributed by atoms with Crippen LogP contribution in [0.2, 0.25) is 0 Å². The predicted molar refractivity (Wildman–Crippen MR) is 192 cm³/mol. The van der Waals surface area contributed by atoms with Gasteiger partial charge in [-0.2, -0.15) is 0 Å². The molecule has 0 spiro atoms. The molecule has 5 aromatic rings. The SMILES string of the molecule is [B]c1cc(-c2c([B])c([B])c([B])c([B])c2-n2c3c([B])c([B])c([B])c([B])c3c3c([B])c([B])c([B])c([B])c32)c([B])c([B])c1[B]. The molecule has 4 aromatic carbocycles. The van der Waals surface area contributed by atoms with Crippen molar-refractivity contribution in [1.82, 2.24) is 4.57 Å². The van der Waals surface area contributed by atoms with Crippen LogP contribution in [0.3, 0.4) is 0 Å². The number of fused-ring (bicyclic) bond motifs is 3. The van der Waals surface area contributed by atoms with Crippen LogP contribution in [0.15, 0.2) is 6.07 Å². The summed E-state index contributed by atoms with van der Waals surface area (Å²) in [5, 5.41) is 0.535. The summed E-state index contributed by atoms with van der Waals surface area (Å²) in [7, 11) is 102. The second-order valence-corrected chi connectivity index (χ2v) is 9.72.